The minimum Gasteiger partial charge on any atom is -0.481 e. The van der Waals surface area contributed by atoms with Gasteiger partial charge in [-0.15, -0.1) is 0 Å². The van der Waals surface area contributed by atoms with Gasteiger partial charge in [-0.3, -0.25) is 4.79 Å². The summed E-state index contributed by atoms with van der Waals surface area (Å²) in [6, 6.07) is 8.25. The second kappa shape index (κ2) is 4.30. The van der Waals surface area contributed by atoms with Crippen LogP contribution in [0.2, 0.25) is 0 Å². The fourth-order valence-electron chi connectivity index (χ4n) is 0.995. The predicted molar refractivity (Wildman–Crippen MR) is 51.6 cm³/mol. The number of fused-ring (bicyclic) bond motifs is 1. The van der Waals surface area contributed by atoms with Gasteiger partial charge in [-0.05, 0) is 10.8 Å². The Balaban J connectivity index is 0.000000184. The topological polar surface area (TPSA) is 53.1 Å². The fraction of sp³-hybridized carbons (Fsp3) is 0.100. The number of nitrogens with one attached hydrogen (secondary N) is 1. The van der Waals surface area contributed by atoms with Crippen LogP contribution in [0.3, 0.4) is 0 Å². The number of hydrogen-bond donors (Lipinski definition) is 2. The van der Waals surface area contributed by atoms with E-state index in [0.29, 0.717) is 0 Å². The first kappa shape index (κ1) is 9.32. The fourth-order valence-corrected chi connectivity index (χ4v) is 0.995. The molecule has 0 bridgehead atoms. The molecule has 0 aliphatic heterocycles. The molecule has 2 N–H and O–H groups in total. The summed E-state index contributed by atoms with van der Waals surface area (Å²) in [4.78, 5) is 12.0. The summed E-state index contributed by atoms with van der Waals surface area (Å²) in [5.74, 6) is -0.833. The number of aliphatic carboxylic acids is 1. The van der Waals surface area contributed by atoms with Gasteiger partial charge >= 0.3 is 0 Å². The van der Waals surface area contributed by atoms with Crippen LogP contribution in [0.5, 0.6) is 0 Å². The van der Waals surface area contributed by atoms with Crippen molar-refractivity contribution in [1.82, 2.24) is 4.98 Å². The zero-order valence-corrected chi connectivity index (χ0v) is 7.32. The van der Waals surface area contributed by atoms with Gasteiger partial charge in [0, 0.05) is 19.3 Å². The Kier molecular flexibility index (Phi) is 3.09. The van der Waals surface area contributed by atoms with E-state index in [1.165, 1.54) is 10.8 Å². The van der Waals surface area contributed by atoms with E-state index >= 15 is 0 Å². The smallest absolute Gasteiger partial charge is 0.300 e. The van der Waals surface area contributed by atoms with Gasteiger partial charge in [-0.25, -0.2) is 0 Å². The number of carbonyl (C=O) groups is 1. The third-order valence-corrected chi connectivity index (χ3v) is 1.47. The summed E-state index contributed by atoms with van der Waals surface area (Å²) < 4.78 is 0. The minimum atomic E-state index is -0.833. The highest BCUT2D eigenvalue weighted by Gasteiger charge is 1.86. The zero-order chi connectivity index (χ0) is 9.68. The van der Waals surface area contributed by atoms with E-state index in [1.807, 2.05) is 24.5 Å². The van der Waals surface area contributed by atoms with Gasteiger partial charge in [0.1, 0.15) is 0 Å². The maximum absolute atomic E-state index is 9.00. The van der Waals surface area contributed by atoms with Crippen molar-refractivity contribution in [3.05, 3.63) is 36.7 Å². The lowest BCUT2D eigenvalue weighted by atomic mass is 10.2. The van der Waals surface area contributed by atoms with Gasteiger partial charge < -0.3 is 10.1 Å². The van der Waals surface area contributed by atoms with Gasteiger partial charge in [-0.2, -0.15) is 0 Å². The van der Waals surface area contributed by atoms with Crippen molar-refractivity contribution in [2.75, 3.05) is 0 Å². The Morgan fingerprint density at radius 2 is 1.62 bits per heavy atom. The van der Waals surface area contributed by atoms with Crippen LogP contribution in [-0.4, -0.2) is 16.1 Å². The predicted octanol–water partition coefficient (Wildman–Crippen LogP) is 2.26. The van der Waals surface area contributed by atoms with E-state index in [4.69, 9.17) is 9.90 Å². The van der Waals surface area contributed by atoms with E-state index < -0.39 is 5.97 Å². The number of aromatic amines is 1. The van der Waals surface area contributed by atoms with Crippen LogP contribution >= 0.6 is 0 Å². The molecular formula is C10H11NO2. The van der Waals surface area contributed by atoms with E-state index in [0.717, 1.165) is 6.92 Å². The number of aromatic nitrogens is 1. The maximum Gasteiger partial charge on any atom is 0.300 e. The van der Waals surface area contributed by atoms with Crippen molar-refractivity contribution in [2.24, 2.45) is 0 Å². The lowest BCUT2D eigenvalue weighted by Gasteiger charge is -1.81. The largest absolute Gasteiger partial charge is 0.481 e. The minimum absolute atomic E-state index is 0.833. The van der Waals surface area contributed by atoms with Gasteiger partial charge in [-0.1, -0.05) is 24.3 Å². The molecule has 0 aliphatic carbocycles. The van der Waals surface area contributed by atoms with Gasteiger partial charge in [0.2, 0.25) is 0 Å². The molecule has 1 heterocycles. The Morgan fingerprint density at radius 3 is 2.00 bits per heavy atom. The summed E-state index contributed by atoms with van der Waals surface area (Å²) in [6.45, 7) is 1.08. The standard InChI is InChI=1S/C8H7N.C2H4O2/c1-2-4-8-6-9-5-7(8)3-1;1-2(3)4/h1-6,9H;1H3,(H,3,4). The third-order valence-electron chi connectivity index (χ3n) is 1.47. The number of rotatable bonds is 0. The van der Waals surface area contributed by atoms with E-state index in [-0.39, 0.29) is 0 Å². The van der Waals surface area contributed by atoms with Crippen LogP contribution < -0.4 is 0 Å². The molecule has 3 nitrogen and oxygen atoms in total. The lowest BCUT2D eigenvalue weighted by molar-refractivity contribution is -0.134. The maximum atomic E-state index is 9.00. The van der Waals surface area contributed by atoms with Crippen LogP contribution in [0.25, 0.3) is 10.8 Å². The van der Waals surface area contributed by atoms with Gasteiger partial charge in [0.05, 0.1) is 0 Å². The summed E-state index contributed by atoms with van der Waals surface area (Å²) in [5.41, 5.74) is 0. The molecule has 68 valence electrons. The molecule has 0 spiro atoms. The third kappa shape index (κ3) is 2.99. The highest BCUT2D eigenvalue weighted by Crippen LogP contribution is 2.10. The average molecular weight is 177 g/mol. The number of carboxylic acid groups (broad SMARTS) is 1. The van der Waals surface area contributed by atoms with Crippen molar-refractivity contribution in [1.29, 1.82) is 0 Å². The molecule has 0 unspecified atom stereocenters. The molecule has 0 saturated heterocycles. The monoisotopic (exact) mass is 177 g/mol. The van der Waals surface area contributed by atoms with Gasteiger partial charge in [0.25, 0.3) is 5.97 Å². The van der Waals surface area contributed by atoms with E-state index in [1.54, 1.807) is 0 Å². The number of benzene rings is 1. The Bertz CT molecular complexity index is 358. The molecule has 1 aromatic heterocycles. The molecule has 2 rings (SSSR count). The second-order valence-corrected chi connectivity index (χ2v) is 2.60. The number of carboxylic acids is 1. The molecule has 13 heavy (non-hydrogen) atoms. The zero-order valence-electron chi connectivity index (χ0n) is 7.32. The molecule has 3 heteroatoms. The van der Waals surface area contributed by atoms with Crippen molar-refractivity contribution in [3.8, 4) is 0 Å². The lowest BCUT2D eigenvalue weighted by Crippen LogP contribution is -1.78. The molecule has 0 aliphatic rings. The average Bonchev–Trinajstić information content (AvgIpc) is 2.49. The van der Waals surface area contributed by atoms with Crippen LogP contribution in [-0.2, 0) is 4.79 Å². The van der Waals surface area contributed by atoms with Crippen molar-refractivity contribution in [2.45, 2.75) is 6.92 Å². The molecule has 0 saturated carbocycles. The second-order valence-electron chi connectivity index (χ2n) is 2.60. The Hall–Kier alpha value is -1.77. The highest BCUT2D eigenvalue weighted by molar-refractivity contribution is 5.81. The Morgan fingerprint density at radius 1 is 1.23 bits per heavy atom. The first-order valence-corrected chi connectivity index (χ1v) is 3.91. The number of hydrogen-bond acceptors (Lipinski definition) is 1. The molecule has 1 aromatic carbocycles. The molecule has 0 atom stereocenters. The van der Waals surface area contributed by atoms with Crippen LogP contribution in [0.1, 0.15) is 6.92 Å². The molecule has 2 aromatic rings. The molecule has 0 amide bonds. The Labute approximate surface area is 76.0 Å². The normalized spacial score (nSPS) is 9.00. The molecule has 0 fully saturated rings. The van der Waals surface area contributed by atoms with Crippen LogP contribution in [0.15, 0.2) is 36.7 Å². The summed E-state index contributed by atoms with van der Waals surface area (Å²) in [5, 5.41) is 9.97. The van der Waals surface area contributed by atoms with Gasteiger partial charge in [0.15, 0.2) is 0 Å². The first-order valence-electron chi connectivity index (χ1n) is 3.91. The first-order chi connectivity index (χ1) is 6.20. The number of H-pyrrole nitrogens is 1. The van der Waals surface area contributed by atoms with E-state index in [2.05, 4.69) is 17.1 Å². The summed E-state index contributed by atoms with van der Waals surface area (Å²) in [6.07, 6.45) is 3.99. The SMILES string of the molecule is CC(=O)O.c1ccc2c[nH]cc2c1. The quantitative estimate of drug-likeness (QED) is 0.648. The summed E-state index contributed by atoms with van der Waals surface area (Å²) in [7, 11) is 0. The van der Waals surface area contributed by atoms with Crippen LogP contribution in [0.4, 0.5) is 0 Å². The molecular weight excluding hydrogens is 166 g/mol. The van der Waals surface area contributed by atoms with Crippen molar-refractivity contribution >= 4 is 16.7 Å². The van der Waals surface area contributed by atoms with E-state index in [9.17, 15) is 0 Å². The van der Waals surface area contributed by atoms with Crippen LogP contribution in [0, 0.1) is 0 Å². The highest BCUT2D eigenvalue weighted by atomic mass is 16.4. The summed E-state index contributed by atoms with van der Waals surface area (Å²) >= 11 is 0. The molecule has 0 radical (unpaired) electrons. The van der Waals surface area contributed by atoms with Crippen molar-refractivity contribution < 1.29 is 9.90 Å². The van der Waals surface area contributed by atoms with Crippen molar-refractivity contribution in [3.63, 3.8) is 0 Å².